The summed E-state index contributed by atoms with van der Waals surface area (Å²) in [7, 11) is -1.99. The van der Waals surface area contributed by atoms with E-state index in [0.717, 1.165) is 12.0 Å². The fourth-order valence-corrected chi connectivity index (χ4v) is 5.10. The number of benzene rings is 1. The Bertz CT molecular complexity index is 1080. The number of aromatic amines is 1. The van der Waals surface area contributed by atoms with Crippen LogP contribution in [-0.4, -0.2) is 36.7 Å². The molecule has 0 spiro atoms. The Morgan fingerprint density at radius 3 is 2.56 bits per heavy atom. The number of hydrogen-bond donors (Lipinski definition) is 1. The number of aromatic nitrogens is 2. The summed E-state index contributed by atoms with van der Waals surface area (Å²) in [5.41, 5.74) is 0.548. The topological polar surface area (TPSA) is 82.5 Å². The third-order valence-electron chi connectivity index (χ3n) is 6.77. The molecular formula is C26H38N2O5Si. The van der Waals surface area contributed by atoms with E-state index in [9.17, 15) is 9.59 Å². The van der Waals surface area contributed by atoms with Crippen molar-refractivity contribution >= 4 is 14.4 Å². The monoisotopic (exact) mass is 486 g/mol. The van der Waals surface area contributed by atoms with Gasteiger partial charge in [0, 0.05) is 12.6 Å². The van der Waals surface area contributed by atoms with Gasteiger partial charge in [-0.15, -0.1) is 0 Å². The van der Waals surface area contributed by atoms with Crippen LogP contribution < -0.4 is 11.2 Å². The van der Waals surface area contributed by atoms with Gasteiger partial charge in [0.25, 0.3) is 5.56 Å². The third kappa shape index (κ3) is 6.44. The quantitative estimate of drug-likeness (QED) is 0.404. The fourth-order valence-electron chi connectivity index (χ4n) is 3.74. The molecule has 3 rings (SSSR count). The minimum absolute atomic E-state index is 0.0810. The summed E-state index contributed by atoms with van der Waals surface area (Å²) in [6.45, 7) is 13.6. The second-order valence-corrected chi connectivity index (χ2v) is 15.1. The molecule has 2 heterocycles. The first kappa shape index (κ1) is 26.3. The van der Waals surface area contributed by atoms with Gasteiger partial charge < -0.3 is 13.9 Å². The van der Waals surface area contributed by atoms with Crippen molar-refractivity contribution in [2.75, 3.05) is 6.61 Å². The zero-order valence-corrected chi connectivity index (χ0v) is 22.2. The highest BCUT2D eigenvalue weighted by atomic mass is 28.4. The zero-order chi connectivity index (χ0) is 24.9. The Morgan fingerprint density at radius 1 is 1.21 bits per heavy atom. The van der Waals surface area contributed by atoms with Gasteiger partial charge in [0.2, 0.25) is 0 Å². The van der Waals surface area contributed by atoms with Gasteiger partial charge in [-0.3, -0.25) is 14.3 Å². The van der Waals surface area contributed by atoms with E-state index < -0.39 is 25.8 Å². The Balaban J connectivity index is 1.68. The lowest BCUT2D eigenvalue weighted by Gasteiger charge is -2.39. The normalized spacial score (nSPS) is 21.4. The van der Waals surface area contributed by atoms with E-state index in [1.165, 1.54) is 4.57 Å². The van der Waals surface area contributed by atoms with Gasteiger partial charge in [-0.25, -0.2) is 4.79 Å². The molecule has 1 unspecified atom stereocenters. The summed E-state index contributed by atoms with van der Waals surface area (Å²) in [6, 6.07) is 9.92. The molecule has 1 fully saturated rings. The van der Waals surface area contributed by atoms with Gasteiger partial charge >= 0.3 is 5.69 Å². The molecule has 0 amide bonds. The van der Waals surface area contributed by atoms with Crippen LogP contribution >= 0.6 is 0 Å². The Morgan fingerprint density at radius 2 is 1.91 bits per heavy atom. The van der Waals surface area contributed by atoms with Crippen LogP contribution in [0, 0.1) is 0 Å². The SMILES string of the molecule is CC[C@H]1O[C@@H](n2cc(COC/C=C/c3ccccc3)c(=O)[nH]c2=O)CC1O[Si](C)(C)C(C)(C)C. The van der Waals surface area contributed by atoms with Crippen molar-refractivity contribution in [1.29, 1.82) is 0 Å². The predicted molar refractivity (Wildman–Crippen MR) is 137 cm³/mol. The van der Waals surface area contributed by atoms with E-state index in [4.69, 9.17) is 13.9 Å². The summed E-state index contributed by atoms with van der Waals surface area (Å²) < 4.78 is 20.0. The van der Waals surface area contributed by atoms with Crippen LogP contribution in [-0.2, 0) is 20.5 Å². The largest absolute Gasteiger partial charge is 0.411 e. The maximum atomic E-state index is 12.6. The molecule has 7 nitrogen and oxygen atoms in total. The molecule has 0 aliphatic carbocycles. The van der Waals surface area contributed by atoms with E-state index >= 15 is 0 Å². The smallest absolute Gasteiger partial charge is 0.330 e. The molecule has 0 saturated carbocycles. The van der Waals surface area contributed by atoms with E-state index in [1.807, 2.05) is 42.5 Å². The minimum Gasteiger partial charge on any atom is -0.411 e. The average molecular weight is 487 g/mol. The summed E-state index contributed by atoms with van der Waals surface area (Å²) in [4.78, 5) is 27.4. The van der Waals surface area contributed by atoms with Crippen LogP contribution in [0.25, 0.3) is 6.08 Å². The number of ether oxygens (including phenoxy) is 2. The standard InChI is InChI=1S/C26H38N2O5Si/c1-7-21-22(33-34(5,6)26(2,3)4)16-23(32-21)28-17-20(24(29)27-25(28)30)18-31-15-11-14-19-12-9-8-10-13-19/h8-14,17,21-23H,7,15-16,18H2,1-6H3,(H,27,29,30)/b14-11+/t21-,22?,23-/m1/s1. The second kappa shape index (κ2) is 11.0. The second-order valence-electron chi connectivity index (χ2n) is 10.3. The summed E-state index contributed by atoms with van der Waals surface area (Å²) in [6.07, 6.45) is 6.11. The lowest BCUT2D eigenvalue weighted by Crippen LogP contribution is -2.45. The van der Waals surface area contributed by atoms with Crippen molar-refractivity contribution in [2.45, 2.75) is 83.7 Å². The first-order chi connectivity index (χ1) is 16.0. The number of nitrogens with one attached hydrogen (secondary N) is 1. The van der Waals surface area contributed by atoms with Gasteiger partial charge in [-0.2, -0.15) is 0 Å². The van der Waals surface area contributed by atoms with Crippen LogP contribution in [0.3, 0.4) is 0 Å². The fraction of sp³-hybridized carbons (Fsp3) is 0.538. The third-order valence-corrected chi connectivity index (χ3v) is 11.3. The van der Waals surface area contributed by atoms with Crippen molar-refractivity contribution in [3.05, 3.63) is 74.6 Å². The van der Waals surface area contributed by atoms with E-state index in [0.29, 0.717) is 18.6 Å². The number of nitrogens with zero attached hydrogens (tertiary/aromatic N) is 1. The number of H-pyrrole nitrogens is 1. The minimum atomic E-state index is -1.99. The van der Waals surface area contributed by atoms with Crippen LogP contribution in [0.5, 0.6) is 0 Å². The molecule has 3 atom stereocenters. The van der Waals surface area contributed by atoms with Gasteiger partial charge in [0.1, 0.15) is 6.23 Å². The Hall–Kier alpha value is -2.26. The molecule has 1 saturated heterocycles. The Kier molecular flexibility index (Phi) is 8.51. The number of rotatable bonds is 9. The van der Waals surface area contributed by atoms with Crippen LogP contribution in [0.1, 0.15) is 57.9 Å². The maximum absolute atomic E-state index is 12.6. The molecule has 8 heteroatoms. The van der Waals surface area contributed by atoms with Gasteiger partial charge in [-0.1, -0.05) is 70.2 Å². The maximum Gasteiger partial charge on any atom is 0.330 e. The van der Waals surface area contributed by atoms with E-state index in [1.54, 1.807) is 6.20 Å². The average Bonchev–Trinajstić information content (AvgIpc) is 3.16. The molecule has 34 heavy (non-hydrogen) atoms. The van der Waals surface area contributed by atoms with Gasteiger partial charge in [-0.05, 0) is 30.1 Å². The van der Waals surface area contributed by atoms with E-state index in [2.05, 4.69) is 45.8 Å². The highest BCUT2D eigenvalue weighted by Gasteiger charge is 2.44. The number of hydrogen-bond acceptors (Lipinski definition) is 5. The molecule has 1 N–H and O–H groups in total. The molecule has 2 aromatic rings. The molecule has 0 bridgehead atoms. The van der Waals surface area contributed by atoms with E-state index in [-0.39, 0.29) is 23.9 Å². The Labute approximate surface area is 202 Å². The molecule has 1 aliphatic rings. The highest BCUT2D eigenvalue weighted by Crippen LogP contribution is 2.41. The molecular weight excluding hydrogens is 448 g/mol. The van der Waals surface area contributed by atoms with Crippen LogP contribution in [0.15, 0.2) is 52.2 Å². The van der Waals surface area contributed by atoms with Crippen LogP contribution in [0.4, 0.5) is 0 Å². The molecule has 186 valence electrons. The predicted octanol–water partition coefficient (Wildman–Crippen LogP) is 4.85. The lowest BCUT2D eigenvalue weighted by atomic mass is 10.1. The first-order valence-electron chi connectivity index (χ1n) is 12.0. The molecule has 1 aromatic carbocycles. The molecule has 1 aliphatic heterocycles. The van der Waals surface area contributed by atoms with Crippen molar-refractivity contribution in [3.63, 3.8) is 0 Å². The lowest BCUT2D eigenvalue weighted by molar-refractivity contribution is -0.0200. The summed E-state index contributed by atoms with van der Waals surface area (Å²) in [5.74, 6) is 0. The molecule has 0 radical (unpaired) electrons. The van der Waals surface area contributed by atoms with Crippen molar-refractivity contribution in [3.8, 4) is 0 Å². The zero-order valence-electron chi connectivity index (χ0n) is 21.2. The van der Waals surface area contributed by atoms with Gasteiger partial charge in [0.15, 0.2) is 8.32 Å². The summed E-state index contributed by atoms with van der Waals surface area (Å²) >= 11 is 0. The van der Waals surface area contributed by atoms with Crippen molar-refractivity contribution in [1.82, 2.24) is 9.55 Å². The van der Waals surface area contributed by atoms with Crippen molar-refractivity contribution in [2.24, 2.45) is 0 Å². The highest BCUT2D eigenvalue weighted by molar-refractivity contribution is 6.74. The summed E-state index contributed by atoms with van der Waals surface area (Å²) in [5, 5.41) is 0.0810. The van der Waals surface area contributed by atoms with Crippen LogP contribution in [0.2, 0.25) is 18.1 Å². The molecule has 1 aromatic heterocycles. The first-order valence-corrected chi connectivity index (χ1v) is 14.9. The van der Waals surface area contributed by atoms with Crippen molar-refractivity contribution < 1.29 is 13.9 Å². The van der Waals surface area contributed by atoms with Gasteiger partial charge in [0.05, 0.1) is 31.0 Å².